The molecule has 1 aromatic heterocycles. The maximum atomic E-state index is 13.2. The SMILES string of the molecule is COc1cc(OC)cc(C(=O)Nc2ccc(Nc3cccc(F)c3)cn2)c1. The first kappa shape index (κ1) is 18.2. The van der Waals surface area contributed by atoms with Gasteiger partial charge in [-0.15, -0.1) is 0 Å². The Morgan fingerprint density at radius 3 is 2.30 bits per heavy atom. The van der Waals surface area contributed by atoms with Crippen LogP contribution in [-0.4, -0.2) is 25.1 Å². The first-order chi connectivity index (χ1) is 13.1. The number of carbonyl (C=O) groups is 1. The molecule has 3 rings (SSSR count). The van der Waals surface area contributed by atoms with E-state index in [-0.39, 0.29) is 11.7 Å². The van der Waals surface area contributed by atoms with Crippen LogP contribution in [0.5, 0.6) is 11.5 Å². The molecule has 0 atom stereocenters. The fourth-order valence-electron chi connectivity index (χ4n) is 2.40. The molecule has 1 heterocycles. The van der Waals surface area contributed by atoms with Crippen molar-refractivity contribution < 1.29 is 18.7 Å². The van der Waals surface area contributed by atoms with E-state index in [1.165, 1.54) is 26.4 Å². The zero-order valence-electron chi connectivity index (χ0n) is 14.8. The van der Waals surface area contributed by atoms with Gasteiger partial charge in [-0.25, -0.2) is 9.37 Å². The third kappa shape index (κ3) is 4.72. The van der Waals surface area contributed by atoms with Gasteiger partial charge in [0.25, 0.3) is 5.91 Å². The van der Waals surface area contributed by atoms with Crippen LogP contribution in [0.2, 0.25) is 0 Å². The second kappa shape index (κ2) is 8.18. The Hall–Kier alpha value is -3.61. The number of nitrogens with zero attached hydrogens (tertiary/aromatic N) is 1. The number of pyridine rings is 1. The summed E-state index contributed by atoms with van der Waals surface area (Å²) in [6.45, 7) is 0. The van der Waals surface area contributed by atoms with E-state index in [9.17, 15) is 9.18 Å². The van der Waals surface area contributed by atoms with Gasteiger partial charge in [0.15, 0.2) is 0 Å². The Bertz CT molecular complexity index is 923. The van der Waals surface area contributed by atoms with Gasteiger partial charge in [-0.3, -0.25) is 4.79 Å². The molecular weight excluding hydrogens is 349 g/mol. The van der Waals surface area contributed by atoms with Crippen LogP contribution in [0.15, 0.2) is 60.8 Å². The van der Waals surface area contributed by atoms with Crippen molar-refractivity contribution >= 4 is 23.1 Å². The third-order valence-corrected chi connectivity index (χ3v) is 3.73. The summed E-state index contributed by atoms with van der Waals surface area (Å²) in [5.41, 5.74) is 1.66. The molecule has 0 fully saturated rings. The summed E-state index contributed by atoms with van der Waals surface area (Å²) in [4.78, 5) is 16.6. The number of halogens is 1. The summed E-state index contributed by atoms with van der Waals surface area (Å²) in [7, 11) is 3.03. The maximum Gasteiger partial charge on any atom is 0.257 e. The molecule has 27 heavy (non-hydrogen) atoms. The minimum atomic E-state index is -0.342. The van der Waals surface area contributed by atoms with Crippen molar-refractivity contribution in [3.8, 4) is 11.5 Å². The highest BCUT2D eigenvalue weighted by molar-refractivity contribution is 6.04. The average molecular weight is 367 g/mol. The largest absolute Gasteiger partial charge is 0.497 e. The van der Waals surface area contributed by atoms with Crippen LogP contribution >= 0.6 is 0 Å². The fourth-order valence-corrected chi connectivity index (χ4v) is 2.40. The molecular formula is C20H18FN3O3. The van der Waals surface area contributed by atoms with Crippen LogP contribution in [0.3, 0.4) is 0 Å². The normalized spacial score (nSPS) is 10.2. The van der Waals surface area contributed by atoms with E-state index in [0.717, 1.165) is 0 Å². The summed E-state index contributed by atoms with van der Waals surface area (Å²) in [6.07, 6.45) is 1.55. The van der Waals surface area contributed by atoms with Crippen LogP contribution in [0.4, 0.5) is 21.6 Å². The number of anilines is 3. The van der Waals surface area contributed by atoms with E-state index in [1.807, 2.05) is 0 Å². The topological polar surface area (TPSA) is 72.5 Å². The number of carbonyl (C=O) groups excluding carboxylic acids is 1. The molecule has 0 aliphatic heterocycles. The molecule has 138 valence electrons. The molecule has 0 radical (unpaired) electrons. The van der Waals surface area contributed by atoms with E-state index < -0.39 is 0 Å². The van der Waals surface area contributed by atoms with Gasteiger partial charge < -0.3 is 20.1 Å². The highest BCUT2D eigenvalue weighted by Crippen LogP contribution is 2.23. The van der Waals surface area contributed by atoms with Gasteiger partial charge in [-0.2, -0.15) is 0 Å². The summed E-state index contributed by atoms with van der Waals surface area (Å²) < 4.78 is 23.6. The number of benzene rings is 2. The summed E-state index contributed by atoms with van der Waals surface area (Å²) in [5, 5.41) is 5.75. The minimum absolute atomic E-state index is 0.328. The lowest BCUT2D eigenvalue weighted by molar-refractivity contribution is 0.102. The molecule has 1 amide bonds. The second-order valence-corrected chi connectivity index (χ2v) is 5.62. The van der Waals surface area contributed by atoms with E-state index >= 15 is 0 Å². The molecule has 2 aromatic carbocycles. The van der Waals surface area contributed by atoms with E-state index in [4.69, 9.17) is 9.47 Å². The number of aromatic nitrogens is 1. The van der Waals surface area contributed by atoms with Gasteiger partial charge in [-0.1, -0.05) is 6.07 Å². The van der Waals surface area contributed by atoms with Crippen LogP contribution in [0.25, 0.3) is 0 Å². The average Bonchev–Trinajstić information content (AvgIpc) is 2.69. The number of hydrogen-bond donors (Lipinski definition) is 2. The van der Waals surface area contributed by atoms with E-state index in [0.29, 0.717) is 34.3 Å². The molecule has 0 spiro atoms. The summed E-state index contributed by atoms with van der Waals surface area (Å²) in [5.74, 6) is 0.742. The minimum Gasteiger partial charge on any atom is -0.497 e. The van der Waals surface area contributed by atoms with Gasteiger partial charge in [0, 0.05) is 17.3 Å². The number of amides is 1. The van der Waals surface area contributed by atoms with Gasteiger partial charge in [0.05, 0.1) is 26.1 Å². The number of hydrogen-bond acceptors (Lipinski definition) is 5. The quantitative estimate of drug-likeness (QED) is 0.682. The van der Waals surface area contributed by atoms with Gasteiger partial charge in [-0.05, 0) is 42.5 Å². The van der Waals surface area contributed by atoms with Gasteiger partial charge in [0.1, 0.15) is 23.1 Å². The van der Waals surface area contributed by atoms with Crippen LogP contribution in [0.1, 0.15) is 10.4 Å². The lowest BCUT2D eigenvalue weighted by Crippen LogP contribution is -2.13. The Kier molecular flexibility index (Phi) is 5.51. The standard InChI is InChI=1S/C20H18FN3O3/c1-26-17-8-13(9-18(11-17)27-2)20(25)24-19-7-6-16(12-22-19)23-15-5-3-4-14(21)10-15/h3-12,23H,1-2H3,(H,22,24,25). The molecule has 2 N–H and O–H groups in total. The second-order valence-electron chi connectivity index (χ2n) is 5.62. The molecule has 0 saturated carbocycles. The highest BCUT2D eigenvalue weighted by Gasteiger charge is 2.11. The first-order valence-corrected chi connectivity index (χ1v) is 8.10. The lowest BCUT2D eigenvalue weighted by Gasteiger charge is -2.10. The van der Waals surface area contributed by atoms with E-state index in [2.05, 4.69) is 15.6 Å². The predicted molar refractivity (Wildman–Crippen MR) is 101 cm³/mol. The molecule has 0 saturated heterocycles. The van der Waals surface area contributed by atoms with Gasteiger partial charge >= 0.3 is 0 Å². The molecule has 3 aromatic rings. The predicted octanol–water partition coefficient (Wildman–Crippen LogP) is 4.23. The molecule has 7 heteroatoms. The van der Waals surface area contributed by atoms with Crippen molar-refractivity contribution in [1.29, 1.82) is 0 Å². The highest BCUT2D eigenvalue weighted by atomic mass is 19.1. The Balaban J connectivity index is 1.70. The smallest absolute Gasteiger partial charge is 0.257 e. The monoisotopic (exact) mass is 367 g/mol. The summed E-state index contributed by atoms with van der Waals surface area (Å²) >= 11 is 0. The van der Waals surface area contributed by atoms with Crippen LogP contribution in [-0.2, 0) is 0 Å². The molecule has 0 aliphatic carbocycles. The number of rotatable bonds is 6. The van der Waals surface area contributed by atoms with Crippen molar-refractivity contribution in [3.05, 3.63) is 72.2 Å². The Morgan fingerprint density at radius 1 is 0.963 bits per heavy atom. The first-order valence-electron chi connectivity index (χ1n) is 8.10. The number of methoxy groups -OCH3 is 2. The molecule has 0 bridgehead atoms. The Morgan fingerprint density at radius 2 is 1.70 bits per heavy atom. The van der Waals surface area contributed by atoms with Crippen LogP contribution < -0.4 is 20.1 Å². The van der Waals surface area contributed by atoms with Crippen molar-refractivity contribution in [2.45, 2.75) is 0 Å². The van der Waals surface area contributed by atoms with Gasteiger partial charge in [0.2, 0.25) is 0 Å². The maximum absolute atomic E-state index is 13.2. The van der Waals surface area contributed by atoms with Crippen LogP contribution in [0, 0.1) is 5.82 Å². The third-order valence-electron chi connectivity index (χ3n) is 3.73. The fraction of sp³-hybridized carbons (Fsp3) is 0.100. The van der Waals surface area contributed by atoms with Crippen molar-refractivity contribution in [1.82, 2.24) is 4.98 Å². The van der Waals surface area contributed by atoms with Crippen molar-refractivity contribution in [2.75, 3.05) is 24.9 Å². The lowest BCUT2D eigenvalue weighted by atomic mass is 10.2. The zero-order valence-corrected chi connectivity index (χ0v) is 14.8. The number of nitrogens with one attached hydrogen (secondary N) is 2. The molecule has 0 unspecified atom stereocenters. The number of ether oxygens (including phenoxy) is 2. The zero-order chi connectivity index (χ0) is 19.2. The van der Waals surface area contributed by atoms with E-state index in [1.54, 1.807) is 48.7 Å². The Labute approximate surface area is 156 Å². The molecule has 0 aliphatic rings. The van der Waals surface area contributed by atoms with Crippen molar-refractivity contribution in [3.63, 3.8) is 0 Å². The summed E-state index contributed by atoms with van der Waals surface area (Å²) in [6, 6.07) is 14.4. The molecule has 6 nitrogen and oxygen atoms in total. The van der Waals surface area contributed by atoms with Crippen molar-refractivity contribution in [2.24, 2.45) is 0 Å².